The number of hydroxylamine groups is 1. The topological polar surface area (TPSA) is 66.9 Å². The van der Waals surface area contributed by atoms with Crippen molar-refractivity contribution in [2.45, 2.75) is 24.3 Å². The zero-order valence-electron chi connectivity index (χ0n) is 14.3. The molecule has 134 valence electrons. The summed E-state index contributed by atoms with van der Waals surface area (Å²) in [7, 11) is -1.19. The van der Waals surface area contributed by atoms with Gasteiger partial charge in [-0.25, -0.2) is 8.42 Å². The maximum Gasteiger partial charge on any atom is 0.264 e. The summed E-state index contributed by atoms with van der Waals surface area (Å²) in [5.74, 6) is -0.165. The van der Waals surface area contributed by atoms with Crippen LogP contribution in [-0.2, 0) is 21.3 Å². The van der Waals surface area contributed by atoms with Gasteiger partial charge in [-0.2, -0.15) is 0 Å². The van der Waals surface area contributed by atoms with Crippen molar-refractivity contribution in [2.24, 2.45) is 0 Å². The Bertz CT molecular complexity index is 892. The van der Waals surface area contributed by atoms with E-state index in [2.05, 4.69) is 6.07 Å². The fraction of sp³-hybridized carbons (Fsp3) is 0.353. The molecule has 1 atom stereocenters. The third-order valence-corrected chi connectivity index (χ3v) is 7.18. The Balaban J connectivity index is 1.90. The lowest BCUT2D eigenvalue weighted by Gasteiger charge is -2.33. The summed E-state index contributed by atoms with van der Waals surface area (Å²) >= 11 is 1.71. The molecule has 0 fully saturated rings. The van der Waals surface area contributed by atoms with Gasteiger partial charge >= 0.3 is 0 Å². The Morgan fingerprint density at radius 2 is 2.12 bits per heavy atom. The molecule has 3 rings (SSSR count). The SMILES string of the molecule is CON(C)S(=O)(=O)c1cccc(C(=O)N2CCc3sccc3[C@@H]2C)c1. The summed E-state index contributed by atoms with van der Waals surface area (Å²) < 4.78 is 25.5. The lowest BCUT2D eigenvalue weighted by atomic mass is 10.0. The van der Waals surface area contributed by atoms with Crippen LogP contribution in [0.15, 0.2) is 40.6 Å². The number of hydrogen-bond donors (Lipinski definition) is 0. The van der Waals surface area contributed by atoms with Gasteiger partial charge in [-0.3, -0.25) is 9.63 Å². The zero-order chi connectivity index (χ0) is 18.2. The highest BCUT2D eigenvalue weighted by Crippen LogP contribution is 2.33. The number of rotatable bonds is 4. The molecule has 2 aromatic rings. The van der Waals surface area contributed by atoms with Gasteiger partial charge in [0.05, 0.1) is 18.0 Å². The van der Waals surface area contributed by atoms with Gasteiger partial charge in [0.1, 0.15) is 0 Å². The number of hydrogen-bond acceptors (Lipinski definition) is 5. The molecule has 1 aliphatic heterocycles. The highest BCUT2D eigenvalue weighted by atomic mass is 32.2. The van der Waals surface area contributed by atoms with Gasteiger partial charge in [-0.1, -0.05) is 10.5 Å². The van der Waals surface area contributed by atoms with Crippen LogP contribution >= 0.6 is 11.3 Å². The Morgan fingerprint density at radius 1 is 1.36 bits per heavy atom. The molecule has 0 unspecified atom stereocenters. The number of sulfonamides is 1. The molecule has 1 aromatic heterocycles. The van der Waals surface area contributed by atoms with E-state index in [1.54, 1.807) is 28.4 Å². The zero-order valence-corrected chi connectivity index (χ0v) is 15.9. The normalized spacial score (nSPS) is 17.6. The highest BCUT2D eigenvalue weighted by Gasteiger charge is 2.30. The average Bonchev–Trinajstić information content (AvgIpc) is 3.10. The van der Waals surface area contributed by atoms with Crippen LogP contribution in [0.25, 0.3) is 0 Å². The Kier molecular flexibility index (Phi) is 4.97. The Hall–Kier alpha value is -1.74. The molecule has 0 saturated heterocycles. The monoisotopic (exact) mass is 380 g/mol. The minimum atomic E-state index is -3.79. The first-order chi connectivity index (χ1) is 11.9. The van der Waals surface area contributed by atoms with Gasteiger partial charge in [-0.15, -0.1) is 11.3 Å². The number of nitrogens with zero attached hydrogens (tertiary/aromatic N) is 2. The van der Waals surface area contributed by atoms with Gasteiger partial charge in [0.15, 0.2) is 0 Å². The van der Waals surface area contributed by atoms with E-state index in [4.69, 9.17) is 4.84 Å². The van der Waals surface area contributed by atoms with Crippen LogP contribution in [0.4, 0.5) is 0 Å². The van der Waals surface area contributed by atoms with E-state index in [0.717, 1.165) is 10.9 Å². The number of carbonyl (C=O) groups excluding carboxylic acids is 1. The van der Waals surface area contributed by atoms with E-state index < -0.39 is 10.0 Å². The maximum atomic E-state index is 13.0. The molecule has 8 heteroatoms. The number of amides is 1. The molecule has 0 spiro atoms. The van der Waals surface area contributed by atoms with E-state index in [1.807, 2.05) is 12.3 Å². The summed E-state index contributed by atoms with van der Waals surface area (Å²) in [4.78, 5) is 20.9. The first kappa shape index (κ1) is 18.1. The van der Waals surface area contributed by atoms with Crippen LogP contribution < -0.4 is 0 Å². The summed E-state index contributed by atoms with van der Waals surface area (Å²) in [5.41, 5.74) is 1.53. The fourth-order valence-electron chi connectivity index (χ4n) is 2.99. The molecule has 0 saturated carbocycles. The van der Waals surface area contributed by atoms with E-state index in [-0.39, 0.29) is 16.8 Å². The molecule has 25 heavy (non-hydrogen) atoms. The van der Waals surface area contributed by atoms with Crippen LogP contribution in [-0.4, -0.2) is 44.4 Å². The second-order valence-corrected chi connectivity index (χ2v) is 8.79. The van der Waals surface area contributed by atoms with Crippen molar-refractivity contribution >= 4 is 27.3 Å². The number of benzene rings is 1. The fourth-order valence-corrected chi connectivity index (χ4v) is 4.97. The van der Waals surface area contributed by atoms with Crippen molar-refractivity contribution in [3.8, 4) is 0 Å². The molecule has 6 nitrogen and oxygen atoms in total. The van der Waals surface area contributed by atoms with Crippen molar-refractivity contribution < 1.29 is 18.0 Å². The molecular formula is C17H20N2O4S2. The molecular weight excluding hydrogens is 360 g/mol. The van der Waals surface area contributed by atoms with Crippen molar-refractivity contribution in [1.29, 1.82) is 0 Å². The van der Waals surface area contributed by atoms with Crippen LogP contribution in [0.2, 0.25) is 0 Å². The van der Waals surface area contributed by atoms with Crippen molar-refractivity contribution in [3.05, 3.63) is 51.7 Å². The van der Waals surface area contributed by atoms with E-state index in [0.29, 0.717) is 12.1 Å². The summed E-state index contributed by atoms with van der Waals surface area (Å²) in [6, 6.07) is 8.11. The predicted molar refractivity (Wildman–Crippen MR) is 95.9 cm³/mol. The third-order valence-electron chi connectivity index (χ3n) is 4.51. The van der Waals surface area contributed by atoms with Gasteiger partial charge in [0.2, 0.25) is 0 Å². The molecule has 2 heterocycles. The molecule has 0 radical (unpaired) electrons. The lowest BCUT2D eigenvalue weighted by molar-refractivity contribution is -0.0258. The van der Waals surface area contributed by atoms with Crippen LogP contribution in [0.1, 0.15) is 33.8 Å². The Labute approximate surface area is 151 Å². The molecule has 1 aromatic carbocycles. The number of carbonyl (C=O) groups is 1. The average molecular weight is 380 g/mol. The maximum absolute atomic E-state index is 13.0. The van der Waals surface area contributed by atoms with Crippen molar-refractivity contribution in [1.82, 2.24) is 9.37 Å². The summed E-state index contributed by atoms with van der Waals surface area (Å²) in [6.45, 7) is 2.63. The summed E-state index contributed by atoms with van der Waals surface area (Å²) in [6.07, 6.45) is 0.827. The van der Waals surface area contributed by atoms with Gasteiger partial charge in [0, 0.05) is 24.0 Å². The van der Waals surface area contributed by atoms with Crippen molar-refractivity contribution in [2.75, 3.05) is 20.7 Å². The third kappa shape index (κ3) is 3.22. The van der Waals surface area contributed by atoms with Crippen LogP contribution in [0.3, 0.4) is 0 Å². The van der Waals surface area contributed by atoms with E-state index in [1.165, 1.54) is 36.7 Å². The number of thiophene rings is 1. The minimum absolute atomic E-state index is 0.0237. The largest absolute Gasteiger partial charge is 0.331 e. The first-order valence-corrected chi connectivity index (χ1v) is 10.2. The first-order valence-electron chi connectivity index (χ1n) is 7.86. The molecule has 1 amide bonds. The van der Waals surface area contributed by atoms with Crippen LogP contribution in [0.5, 0.6) is 0 Å². The van der Waals surface area contributed by atoms with Gasteiger partial charge in [0.25, 0.3) is 15.9 Å². The van der Waals surface area contributed by atoms with Gasteiger partial charge in [-0.05, 0) is 48.6 Å². The molecule has 0 N–H and O–H groups in total. The van der Waals surface area contributed by atoms with Crippen LogP contribution in [0, 0.1) is 0 Å². The van der Waals surface area contributed by atoms with Gasteiger partial charge < -0.3 is 4.90 Å². The highest BCUT2D eigenvalue weighted by molar-refractivity contribution is 7.89. The standard InChI is InChI=1S/C17H20N2O4S2/c1-12-15-8-10-24-16(15)7-9-19(12)17(20)13-5-4-6-14(11-13)25(21,22)18(2)23-3/h4-6,8,10-12H,7,9H2,1-3H3/t12-/m0/s1. The quantitative estimate of drug-likeness (QED) is 0.765. The molecule has 0 aliphatic carbocycles. The predicted octanol–water partition coefficient (Wildman–Crippen LogP) is 2.69. The molecule has 0 bridgehead atoms. The summed E-state index contributed by atoms with van der Waals surface area (Å²) in [5, 5.41) is 2.04. The number of fused-ring (bicyclic) bond motifs is 1. The van der Waals surface area contributed by atoms with Crippen molar-refractivity contribution in [3.63, 3.8) is 0 Å². The lowest BCUT2D eigenvalue weighted by Crippen LogP contribution is -2.38. The second-order valence-electron chi connectivity index (χ2n) is 5.85. The van der Waals surface area contributed by atoms with E-state index >= 15 is 0 Å². The Morgan fingerprint density at radius 3 is 2.84 bits per heavy atom. The molecule has 1 aliphatic rings. The second kappa shape index (κ2) is 6.87. The minimum Gasteiger partial charge on any atom is -0.331 e. The smallest absolute Gasteiger partial charge is 0.264 e. The van der Waals surface area contributed by atoms with E-state index in [9.17, 15) is 13.2 Å².